The number of halogens is 2. The number of carbonyl (C=O) groups is 1. The Morgan fingerprint density at radius 1 is 1.31 bits per heavy atom. The second kappa shape index (κ2) is 9.33. The molecule has 0 N–H and O–H groups in total. The van der Waals surface area contributed by atoms with Gasteiger partial charge >= 0.3 is 5.97 Å². The number of benzene rings is 2. The van der Waals surface area contributed by atoms with Crippen molar-refractivity contribution in [1.82, 2.24) is 4.90 Å². The van der Waals surface area contributed by atoms with Crippen molar-refractivity contribution >= 4 is 33.9 Å². The minimum absolute atomic E-state index is 0.0427. The van der Waals surface area contributed by atoms with Crippen molar-refractivity contribution in [3.8, 4) is 5.75 Å². The Kier molecular flexibility index (Phi) is 7.15. The Labute approximate surface area is 160 Å². The summed E-state index contributed by atoms with van der Waals surface area (Å²) in [7, 11) is 3.39. The molecule has 0 saturated heterocycles. The molecule has 0 unspecified atom stereocenters. The predicted molar refractivity (Wildman–Crippen MR) is 103 cm³/mol. The van der Waals surface area contributed by atoms with Gasteiger partial charge in [0.15, 0.2) is 0 Å². The van der Waals surface area contributed by atoms with E-state index in [1.165, 1.54) is 19.2 Å². The average Bonchev–Trinajstić information content (AvgIpc) is 2.65. The maximum Gasteiger partial charge on any atom is 0.342 e. The number of methoxy groups -OCH3 is 1. The average molecular weight is 423 g/mol. The predicted octanol–water partition coefficient (Wildman–Crippen LogP) is 4.57. The third-order valence-electron chi connectivity index (χ3n) is 3.66. The molecule has 0 atom stereocenters. The number of aliphatic imine (C=N–C) groups is 1. The summed E-state index contributed by atoms with van der Waals surface area (Å²) in [5.74, 6) is -0.507. The molecular formula is C19H20BrFN2O3. The summed E-state index contributed by atoms with van der Waals surface area (Å²) in [4.78, 5) is 18.7. The lowest BCUT2D eigenvalue weighted by Gasteiger charge is -2.12. The Hall–Kier alpha value is -2.41. The number of nitrogens with zero attached hydrogens (tertiary/aromatic N) is 2. The Balaban J connectivity index is 2.17. The van der Waals surface area contributed by atoms with Crippen LogP contribution in [-0.2, 0) is 11.3 Å². The van der Waals surface area contributed by atoms with Crippen LogP contribution in [0.15, 0.2) is 45.9 Å². The highest BCUT2D eigenvalue weighted by atomic mass is 79.9. The second-order valence-corrected chi connectivity index (χ2v) is 6.38. The molecule has 0 bridgehead atoms. The molecule has 0 spiro atoms. The van der Waals surface area contributed by atoms with Gasteiger partial charge in [0.1, 0.15) is 23.7 Å². The van der Waals surface area contributed by atoms with E-state index in [1.54, 1.807) is 30.6 Å². The van der Waals surface area contributed by atoms with Crippen LogP contribution >= 0.6 is 15.9 Å². The van der Waals surface area contributed by atoms with Gasteiger partial charge in [-0.3, -0.25) is 0 Å². The van der Waals surface area contributed by atoms with E-state index in [1.807, 2.05) is 18.9 Å². The zero-order chi connectivity index (χ0) is 19.1. The van der Waals surface area contributed by atoms with Crippen LogP contribution in [0.4, 0.5) is 10.1 Å². The highest BCUT2D eigenvalue weighted by Crippen LogP contribution is 2.33. The number of esters is 1. The molecule has 0 saturated carbocycles. The van der Waals surface area contributed by atoms with Gasteiger partial charge in [0.05, 0.1) is 19.1 Å². The van der Waals surface area contributed by atoms with Crippen molar-refractivity contribution in [1.29, 1.82) is 0 Å². The van der Waals surface area contributed by atoms with Crippen molar-refractivity contribution in [2.75, 3.05) is 20.7 Å². The zero-order valence-electron chi connectivity index (χ0n) is 14.8. The van der Waals surface area contributed by atoms with Crippen LogP contribution in [0.5, 0.6) is 5.75 Å². The van der Waals surface area contributed by atoms with Gasteiger partial charge in [-0.05, 0) is 46.6 Å². The standard InChI is InChI=1S/C19H20BrFN2O3/c1-4-23(2)12-22-17-10-18(25-3)15(9-16(17)20)19(24)26-11-13-5-7-14(21)8-6-13/h5-10,12H,4,11H2,1-3H3. The van der Waals surface area contributed by atoms with Gasteiger partial charge < -0.3 is 14.4 Å². The fourth-order valence-corrected chi connectivity index (χ4v) is 2.47. The van der Waals surface area contributed by atoms with Crippen LogP contribution in [0, 0.1) is 5.82 Å². The van der Waals surface area contributed by atoms with Crippen molar-refractivity contribution in [3.63, 3.8) is 0 Å². The van der Waals surface area contributed by atoms with Gasteiger partial charge in [-0.25, -0.2) is 14.2 Å². The summed E-state index contributed by atoms with van der Waals surface area (Å²) in [6, 6.07) is 9.06. The minimum Gasteiger partial charge on any atom is -0.496 e. The number of hydrogen-bond donors (Lipinski definition) is 0. The van der Waals surface area contributed by atoms with E-state index in [0.717, 1.165) is 6.54 Å². The smallest absolute Gasteiger partial charge is 0.342 e. The molecule has 0 radical (unpaired) electrons. The summed E-state index contributed by atoms with van der Waals surface area (Å²) < 4.78 is 24.2. The Morgan fingerprint density at radius 2 is 2.00 bits per heavy atom. The number of hydrogen-bond acceptors (Lipinski definition) is 4. The summed E-state index contributed by atoms with van der Waals surface area (Å²) in [5.41, 5.74) is 1.61. The van der Waals surface area contributed by atoms with E-state index >= 15 is 0 Å². The summed E-state index contributed by atoms with van der Waals surface area (Å²) in [6.07, 6.45) is 1.70. The molecule has 0 aromatic heterocycles. The molecule has 26 heavy (non-hydrogen) atoms. The molecule has 0 aliphatic heterocycles. The van der Waals surface area contributed by atoms with E-state index in [2.05, 4.69) is 20.9 Å². The zero-order valence-corrected chi connectivity index (χ0v) is 16.4. The molecule has 0 amide bonds. The minimum atomic E-state index is -0.534. The van der Waals surface area contributed by atoms with E-state index < -0.39 is 5.97 Å². The van der Waals surface area contributed by atoms with Crippen LogP contribution < -0.4 is 4.74 Å². The van der Waals surface area contributed by atoms with Crippen molar-refractivity contribution in [2.45, 2.75) is 13.5 Å². The van der Waals surface area contributed by atoms with Crippen molar-refractivity contribution < 1.29 is 18.7 Å². The van der Waals surface area contributed by atoms with E-state index in [0.29, 0.717) is 21.5 Å². The fourth-order valence-electron chi connectivity index (χ4n) is 2.02. The first kappa shape index (κ1) is 19.9. The number of rotatable bonds is 7. The summed E-state index contributed by atoms with van der Waals surface area (Å²) in [6.45, 7) is 2.88. The number of ether oxygens (including phenoxy) is 2. The maximum absolute atomic E-state index is 12.9. The van der Waals surface area contributed by atoms with E-state index in [-0.39, 0.29) is 18.0 Å². The first-order valence-corrected chi connectivity index (χ1v) is 8.77. The molecule has 0 heterocycles. The largest absolute Gasteiger partial charge is 0.496 e. The van der Waals surface area contributed by atoms with Gasteiger partial charge in [-0.1, -0.05) is 12.1 Å². The third kappa shape index (κ3) is 5.29. The Bertz CT molecular complexity index is 794. The topological polar surface area (TPSA) is 51.1 Å². The molecular weight excluding hydrogens is 403 g/mol. The highest BCUT2D eigenvalue weighted by molar-refractivity contribution is 9.10. The lowest BCUT2D eigenvalue weighted by Crippen LogP contribution is -2.14. The van der Waals surface area contributed by atoms with Crippen LogP contribution in [0.25, 0.3) is 0 Å². The highest BCUT2D eigenvalue weighted by Gasteiger charge is 2.17. The first-order valence-electron chi connectivity index (χ1n) is 7.98. The fraction of sp³-hybridized carbons (Fsp3) is 0.263. The molecule has 5 nitrogen and oxygen atoms in total. The molecule has 2 rings (SSSR count). The number of carbonyl (C=O) groups excluding carboxylic acids is 1. The van der Waals surface area contributed by atoms with E-state index in [9.17, 15) is 9.18 Å². The van der Waals surface area contributed by atoms with Crippen molar-refractivity contribution in [3.05, 3.63) is 57.8 Å². The van der Waals surface area contributed by atoms with Gasteiger partial charge in [-0.2, -0.15) is 0 Å². The first-order chi connectivity index (χ1) is 12.4. The monoisotopic (exact) mass is 422 g/mol. The normalized spacial score (nSPS) is 10.8. The molecule has 138 valence electrons. The lowest BCUT2D eigenvalue weighted by molar-refractivity contribution is 0.0469. The van der Waals surface area contributed by atoms with E-state index in [4.69, 9.17) is 9.47 Å². The maximum atomic E-state index is 12.9. The van der Waals surface area contributed by atoms with Gasteiger partial charge in [0, 0.05) is 24.1 Å². The van der Waals surface area contributed by atoms with Gasteiger partial charge in [0.25, 0.3) is 0 Å². The summed E-state index contributed by atoms with van der Waals surface area (Å²) in [5, 5.41) is 0. The Morgan fingerprint density at radius 3 is 2.62 bits per heavy atom. The quantitative estimate of drug-likeness (QED) is 0.372. The third-order valence-corrected chi connectivity index (χ3v) is 4.30. The van der Waals surface area contributed by atoms with Crippen molar-refractivity contribution in [2.24, 2.45) is 4.99 Å². The summed E-state index contributed by atoms with van der Waals surface area (Å²) >= 11 is 3.42. The van der Waals surface area contributed by atoms with Crippen LogP contribution in [0.3, 0.4) is 0 Å². The van der Waals surface area contributed by atoms with Gasteiger partial charge in [0.2, 0.25) is 0 Å². The second-order valence-electron chi connectivity index (χ2n) is 5.52. The van der Waals surface area contributed by atoms with Crippen LogP contribution in [0.2, 0.25) is 0 Å². The molecule has 2 aromatic rings. The molecule has 0 fully saturated rings. The van der Waals surface area contributed by atoms with Crippen LogP contribution in [-0.4, -0.2) is 37.9 Å². The van der Waals surface area contributed by atoms with Gasteiger partial charge in [-0.15, -0.1) is 0 Å². The lowest BCUT2D eigenvalue weighted by atomic mass is 10.2. The van der Waals surface area contributed by atoms with Crippen LogP contribution in [0.1, 0.15) is 22.8 Å². The molecule has 2 aromatic carbocycles. The molecule has 7 heteroatoms. The molecule has 0 aliphatic carbocycles. The SMILES string of the molecule is CCN(C)C=Nc1cc(OC)c(C(=O)OCc2ccc(F)cc2)cc1Br. The molecule has 0 aliphatic rings.